The van der Waals surface area contributed by atoms with Gasteiger partial charge in [0.05, 0.1) is 5.56 Å². The van der Waals surface area contributed by atoms with E-state index in [1.54, 1.807) is 23.7 Å². The lowest BCUT2D eigenvalue weighted by Gasteiger charge is -2.07. The number of ether oxygens (including phenoxy) is 1. The van der Waals surface area contributed by atoms with Crippen molar-refractivity contribution in [3.05, 3.63) is 82.6 Å². The fraction of sp³-hybridized carbons (Fsp3) is 0.0500. The Balaban J connectivity index is 1.55. The number of thiophene rings is 1. The summed E-state index contributed by atoms with van der Waals surface area (Å²) in [5, 5.41) is 10.1. The van der Waals surface area contributed by atoms with Crippen LogP contribution in [0.25, 0.3) is 11.5 Å². The summed E-state index contributed by atoms with van der Waals surface area (Å²) in [5.74, 6) is 7.12. The summed E-state index contributed by atoms with van der Waals surface area (Å²) in [4.78, 5) is 5.16. The highest BCUT2D eigenvalue weighted by atomic mass is 32.1. The van der Waals surface area contributed by atoms with Gasteiger partial charge in [-0.25, -0.2) is 0 Å². The Morgan fingerprint density at radius 2 is 1.96 bits per heavy atom. The number of pyridine rings is 1. The molecule has 0 aliphatic heterocycles. The molecule has 126 valence electrons. The number of hydrogen-bond donors (Lipinski definition) is 0. The van der Waals surface area contributed by atoms with E-state index in [4.69, 9.17) is 9.15 Å². The van der Waals surface area contributed by atoms with E-state index in [9.17, 15) is 0 Å². The Kier molecular flexibility index (Phi) is 4.72. The van der Waals surface area contributed by atoms with E-state index in [1.807, 2.05) is 53.9 Å². The molecule has 0 saturated heterocycles. The van der Waals surface area contributed by atoms with Crippen molar-refractivity contribution in [1.82, 2.24) is 15.2 Å². The van der Waals surface area contributed by atoms with Crippen LogP contribution in [0.3, 0.4) is 0 Å². The Bertz CT molecular complexity index is 1050. The molecule has 4 aromatic rings. The van der Waals surface area contributed by atoms with Gasteiger partial charge >= 0.3 is 0 Å². The molecule has 0 spiro atoms. The van der Waals surface area contributed by atoms with E-state index in [0.29, 0.717) is 18.2 Å². The molecule has 0 radical (unpaired) electrons. The second-order valence-electron chi connectivity index (χ2n) is 5.27. The molecule has 6 heteroatoms. The third-order valence-electron chi connectivity index (χ3n) is 3.47. The Hall–Kier alpha value is -3.43. The summed E-state index contributed by atoms with van der Waals surface area (Å²) in [5.41, 5.74) is 1.53. The minimum atomic E-state index is 0.247. The van der Waals surface area contributed by atoms with Crippen LogP contribution in [-0.4, -0.2) is 15.2 Å². The molecule has 0 N–H and O–H groups in total. The molecule has 4 rings (SSSR count). The Labute approximate surface area is 154 Å². The first-order chi connectivity index (χ1) is 12.9. The van der Waals surface area contributed by atoms with Crippen LogP contribution in [0.4, 0.5) is 0 Å². The predicted octanol–water partition coefficient (Wildman–Crippen LogP) is 4.17. The number of nitrogens with zero attached hydrogens (tertiary/aromatic N) is 3. The van der Waals surface area contributed by atoms with Gasteiger partial charge in [-0.1, -0.05) is 29.2 Å². The van der Waals surface area contributed by atoms with Crippen LogP contribution in [0.5, 0.6) is 5.75 Å². The zero-order chi connectivity index (χ0) is 17.6. The van der Waals surface area contributed by atoms with Gasteiger partial charge in [0.2, 0.25) is 0 Å². The molecule has 0 bridgehead atoms. The van der Waals surface area contributed by atoms with Gasteiger partial charge in [0.15, 0.2) is 0 Å². The number of hydrogen-bond acceptors (Lipinski definition) is 6. The molecule has 0 aliphatic rings. The van der Waals surface area contributed by atoms with Gasteiger partial charge in [0.1, 0.15) is 12.4 Å². The van der Waals surface area contributed by atoms with Crippen LogP contribution in [0.1, 0.15) is 16.3 Å². The monoisotopic (exact) mass is 359 g/mol. The molecule has 1 aromatic carbocycles. The van der Waals surface area contributed by atoms with Crippen LogP contribution in [0, 0.1) is 11.8 Å². The van der Waals surface area contributed by atoms with Crippen molar-refractivity contribution in [1.29, 1.82) is 0 Å². The second-order valence-corrected chi connectivity index (χ2v) is 6.30. The average Bonchev–Trinajstić information content (AvgIpc) is 3.38. The minimum Gasteiger partial charge on any atom is -0.487 e. The normalized spacial score (nSPS) is 10.2. The smallest absolute Gasteiger partial charge is 0.294 e. The molecular weight excluding hydrogens is 346 g/mol. The van der Waals surface area contributed by atoms with Crippen molar-refractivity contribution < 1.29 is 9.15 Å². The maximum Gasteiger partial charge on any atom is 0.294 e. The van der Waals surface area contributed by atoms with Crippen LogP contribution < -0.4 is 4.74 Å². The van der Waals surface area contributed by atoms with E-state index in [2.05, 4.69) is 27.0 Å². The molecule has 0 atom stereocenters. The molecule has 5 nitrogen and oxygen atoms in total. The van der Waals surface area contributed by atoms with Crippen LogP contribution in [0.15, 0.2) is 70.7 Å². The molecule has 3 aromatic heterocycles. The zero-order valence-electron chi connectivity index (χ0n) is 13.6. The summed E-state index contributed by atoms with van der Waals surface area (Å²) in [6, 6.07) is 15.3. The summed E-state index contributed by atoms with van der Waals surface area (Å²) in [6.45, 7) is 0.497. The molecule has 0 fully saturated rings. The van der Waals surface area contributed by atoms with E-state index >= 15 is 0 Å². The molecule has 0 aliphatic carbocycles. The highest BCUT2D eigenvalue weighted by Gasteiger charge is 2.13. The average molecular weight is 359 g/mol. The second kappa shape index (κ2) is 7.64. The van der Waals surface area contributed by atoms with Gasteiger partial charge in [0, 0.05) is 22.8 Å². The quantitative estimate of drug-likeness (QED) is 0.512. The first-order valence-electron chi connectivity index (χ1n) is 7.88. The van der Waals surface area contributed by atoms with Gasteiger partial charge in [-0.05, 0) is 41.6 Å². The van der Waals surface area contributed by atoms with E-state index in [1.165, 1.54) is 0 Å². The fourth-order valence-electron chi connectivity index (χ4n) is 2.26. The SMILES string of the molecule is C(#Cc1nnc(-c2ccccc2OCc2cccs2)o1)c1cccnc1. The van der Waals surface area contributed by atoms with Gasteiger partial charge in [-0.3, -0.25) is 4.98 Å². The van der Waals surface area contributed by atoms with Crippen molar-refractivity contribution in [3.63, 3.8) is 0 Å². The van der Waals surface area contributed by atoms with Crippen molar-refractivity contribution in [2.45, 2.75) is 6.61 Å². The molecule has 0 unspecified atom stereocenters. The molecule has 3 heterocycles. The van der Waals surface area contributed by atoms with Crippen molar-refractivity contribution in [3.8, 4) is 29.0 Å². The third kappa shape index (κ3) is 3.79. The lowest BCUT2D eigenvalue weighted by molar-refractivity contribution is 0.310. The van der Waals surface area contributed by atoms with E-state index in [-0.39, 0.29) is 5.89 Å². The molecule has 0 saturated carbocycles. The summed E-state index contributed by atoms with van der Waals surface area (Å²) in [6.07, 6.45) is 3.38. The van der Waals surface area contributed by atoms with Crippen LogP contribution >= 0.6 is 11.3 Å². The first-order valence-corrected chi connectivity index (χ1v) is 8.76. The van der Waals surface area contributed by atoms with Crippen LogP contribution in [-0.2, 0) is 6.61 Å². The number of para-hydroxylation sites is 1. The van der Waals surface area contributed by atoms with Crippen molar-refractivity contribution in [2.75, 3.05) is 0 Å². The fourth-order valence-corrected chi connectivity index (χ4v) is 2.87. The van der Waals surface area contributed by atoms with Crippen molar-refractivity contribution >= 4 is 11.3 Å². The van der Waals surface area contributed by atoms with Gasteiger partial charge in [-0.15, -0.1) is 16.4 Å². The lowest BCUT2D eigenvalue weighted by atomic mass is 10.2. The standard InChI is InChI=1S/C20H13N3O2S/c1-2-8-18(24-14-16-6-4-12-26-16)17(7-1)20-23-22-19(25-20)10-9-15-5-3-11-21-13-15/h1-8,11-13H,14H2. The molecule has 0 amide bonds. The minimum absolute atomic E-state index is 0.247. The molecular formula is C20H13N3O2S. The highest BCUT2D eigenvalue weighted by molar-refractivity contribution is 7.09. The van der Waals surface area contributed by atoms with E-state index < -0.39 is 0 Å². The van der Waals surface area contributed by atoms with Gasteiger partial charge in [-0.2, -0.15) is 0 Å². The van der Waals surface area contributed by atoms with Crippen molar-refractivity contribution in [2.24, 2.45) is 0 Å². The molecule has 26 heavy (non-hydrogen) atoms. The Morgan fingerprint density at radius 3 is 2.81 bits per heavy atom. The lowest BCUT2D eigenvalue weighted by Crippen LogP contribution is -1.95. The number of aromatic nitrogens is 3. The summed E-state index contributed by atoms with van der Waals surface area (Å²) >= 11 is 1.65. The van der Waals surface area contributed by atoms with E-state index in [0.717, 1.165) is 16.0 Å². The summed E-state index contributed by atoms with van der Waals surface area (Å²) < 4.78 is 11.6. The van der Waals surface area contributed by atoms with Gasteiger partial charge < -0.3 is 9.15 Å². The topological polar surface area (TPSA) is 61.0 Å². The summed E-state index contributed by atoms with van der Waals surface area (Å²) in [7, 11) is 0. The predicted molar refractivity (Wildman–Crippen MR) is 98.6 cm³/mol. The maximum absolute atomic E-state index is 5.91. The first kappa shape index (κ1) is 16.1. The highest BCUT2D eigenvalue weighted by Crippen LogP contribution is 2.29. The number of rotatable bonds is 4. The Morgan fingerprint density at radius 1 is 1.00 bits per heavy atom. The van der Waals surface area contributed by atoms with Crippen LogP contribution in [0.2, 0.25) is 0 Å². The maximum atomic E-state index is 5.91. The number of benzene rings is 1. The van der Waals surface area contributed by atoms with Gasteiger partial charge in [0.25, 0.3) is 11.8 Å². The largest absolute Gasteiger partial charge is 0.487 e. The third-order valence-corrected chi connectivity index (χ3v) is 4.32. The zero-order valence-corrected chi connectivity index (χ0v) is 14.4.